The molecule has 3 aromatic rings. The normalized spacial score (nSPS) is 12.1. The molecule has 2 aromatic heterocycles. The van der Waals surface area contributed by atoms with E-state index in [0.717, 1.165) is 24.3 Å². The van der Waals surface area contributed by atoms with Crippen LogP contribution in [-0.4, -0.2) is 26.7 Å². The van der Waals surface area contributed by atoms with Crippen molar-refractivity contribution in [2.24, 2.45) is 0 Å². The van der Waals surface area contributed by atoms with E-state index in [1.54, 1.807) is 19.1 Å². The van der Waals surface area contributed by atoms with E-state index in [4.69, 9.17) is 9.47 Å². The Morgan fingerprint density at radius 2 is 2.07 bits per heavy atom. The standard InChI is InChI=1S/C19H21N3O4S/c1-3-4-10-16-21-22-17(23)11-14(20-19(22)27-16)12-25-18(24)13(2)26-15-8-6-5-7-9-15/h5-9,11,13H,3-4,10,12H2,1-2H3/t13-/m1/s1. The summed E-state index contributed by atoms with van der Waals surface area (Å²) in [5, 5.41) is 5.17. The third-order valence-electron chi connectivity index (χ3n) is 3.83. The summed E-state index contributed by atoms with van der Waals surface area (Å²) in [5.74, 6) is 0.0674. The summed E-state index contributed by atoms with van der Waals surface area (Å²) in [6.45, 7) is 3.63. The second kappa shape index (κ2) is 8.77. The number of ether oxygens (including phenoxy) is 2. The van der Waals surface area contributed by atoms with Gasteiger partial charge in [0, 0.05) is 12.5 Å². The molecule has 0 aliphatic heterocycles. The first-order valence-electron chi connectivity index (χ1n) is 8.84. The number of rotatable bonds is 8. The zero-order chi connectivity index (χ0) is 19.2. The summed E-state index contributed by atoms with van der Waals surface area (Å²) >= 11 is 1.38. The van der Waals surface area contributed by atoms with Crippen LogP contribution in [-0.2, 0) is 22.6 Å². The van der Waals surface area contributed by atoms with Gasteiger partial charge < -0.3 is 9.47 Å². The Labute approximate surface area is 160 Å². The summed E-state index contributed by atoms with van der Waals surface area (Å²) in [6, 6.07) is 10.4. The van der Waals surface area contributed by atoms with Crippen LogP contribution in [0.15, 0.2) is 41.2 Å². The molecule has 1 aromatic carbocycles. The lowest BCUT2D eigenvalue weighted by Gasteiger charge is -2.13. The number of aryl methyl sites for hydroxylation is 1. The molecule has 8 heteroatoms. The molecule has 0 aliphatic rings. The molecule has 7 nitrogen and oxygen atoms in total. The maximum Gasteiger partial charge on any atom is 0.347 e. The lowest BCUT2D eigenvalue weighted by atomic mass is 10.3. The molecule has 0 N–H and O–H groups in total. The van der Waals surface area contributed by atoms with Gasteiger partial charge in [-0.1, -0.05) is 42.9 Å². The Morgan fingerprint density at radius 3 is 2.81 bits per heavy atom. The topological polar surface area (TPSA) is 82.8 Å². The summed E-state index contributed by atoms with van der Waals surface area (Å²) in [4.78, 5) is 29.2. The number of nitrogens with zero attached hydrogens (tertiary/aromatic N) is 3. The SMILES string of the molecule is CCCCc1nn2c(=O)cc(COC(=O)[C@@H](C)Oc3ccccc3)nc2s1. The smallest absolute Gasteiger partial charge is 0.347 e. The zero-order valence-corrected chi connectivity index (χ0v) is 16.1. The number of para-hydroxylation sites is 1. The van der Waals surface area contributed by atoms with Crippen molar-refractivity contribution in [2.45, 2.75) is 45.8 Å². The number of hydrogen-bond donors (Lipinski definition) is 0. The fourth-order valence-corrected chi connectivity index (χ4v) is 3.37. The Balaban J connectivity index is 1.64. The predicted molar refractivity (Wildman–Crippen MR) is 102 cm³/mol. The van der Waals surface area contributed by atoms with E-state index < -0.39 is 12.1 Å². The minimum absolute atomic E-state index is 0.0880. The van der Waals surface area contributed by atoms with Gasteiger partial charge in [-0.25, -0.2) is 9.78 Å². The highest BCUT2D eigenvalue weighted by molar-refractivity contribution is 7.16. The fourth-order valence-electron chi connectivity index (χ4n) is 2.41. The number of aromatic nitrogens is 3. The number of benzene rings is 1. The van der Waals surface area contributed by atoms with E-state index in [1.165, 1.54) is 21.9 Å². The largest absolute Gasteiger partial charge is 0.479 e. The van der Waals surface area contributed by atoms with Crippen molar-refractivity contribution in [1.29, 1.82) is 0 Å². The van der Waals surface area contributed by atoms with Crippen LogP contribution >= 0.6 is 11.3 Å². The quantitative estimate of drug-likeness (QED) is 0.553. The summed E-state index contributed by atoms with van der Waals surface area (Å²) < 4.78 is 12.1. The Hall–Kier alpha value is -2.74. The highest BCUT2D eigenvalue weighted by Crippen LogP contribution is 2.15. The van der Waals surface area contributed by atoms with Crippen molar-refractivity contribution >= 4 is 22.3 Å². The van der Waals surface area contributed by atoms with Crippen molar-refractivity contribution in [2.75, 3.05) is 0 Å². The van der Waals surface area contributed by atoms with E-state index >= 15 is 0 Å². The average Bonchev–Trinajstić information content (AvgIpc) is 3.08. The van der Waals surface area contributed by atoms with Gasteiger partial charge in [0.2, 0.25) is 4.96 Å². The van der Waals surface area contributed by atoms with Gasteiger partial charge in [-0.15, -0.1) is 0 Å². The molecule has 27 heavy (non-hydrogen) atoms. The van der Waals surface area contributed by atoms with Gasteiger partial charge in [0.1, 0.15) is 17.4 Å². The lowest BCUT2D eigenvalue weighted by Crippen LogP contribution is -2.26. The maximum absolute atomic E-state index is 12.2. The van der Waals surface area contributed by atoms with Crippen molar-refractivity contribution in [3.8, 4) is 5.75 Å². The van der Waals surface area contributed by atoms with Crippen LogP contribution in [0.4, 0.5) is 0 Å². The fraction of sp³-hybridized carbons (Fsp3) is 0.368. The molecule has 142 valence electrons. The van der Waals surface area contributed by atoms with Gasteiger partial charge in [-0.05, 0) is 25.5 Å². The number of hydrogen-bond acceptors (Lipinski definition) is 7. The molecule has 2 heterocycles. The highest BCUT2D eigenvalue weighted by Gasteiger charge is 2.17. The molecule has 0 saturated carbocycles. The number of esters is 1. The maximum atomic E-state index is 12.2. The summed E-state index contributed by atoms with van der Waals surface area (Å²) in [7, 11) is 0. The summed E-state index contributed by atoms with van der Waals surface area (Å²) in [5.41, 5.74) is 0.115. The minimum Gasteiger partial charge on any atom is -0.479 e. The van der Waals surface area contributed by atoms with Gasteiger partial charge in [0.25, 0.3) is 5.56 Å². The predicted octanol–water partition coefficient (Wildman–Crippen LogP) is 3.00. The van der Waals surface area contributed by atoms with Crippen LogP contribution in [0.5, 0.6) is 5.75 Å². The third-order valence-corrected chi connectivity index (χ3v) is 4.80. The number of unbranched alkanes of at least 4 members (excludes halogenated alkanes) is 1. The molecule has 0 saturated heterocycles. The van der Waals surface area contributed by atoms with Crippen LogP contribution < -0.4 is 10.3 Å². The number of carbonyl (C=O) groups excluding carboxylic acids is 1. The van der Waals surface area contributed by atoms with Crippen molar-refractivity contribution in [3.05, 3.63) is 57.5 Å². The molecule has 0 aliphatic carbocycles. The lowest BCUT2D eigenvalue weighted by molar-refractivity contribution is -0.152. The van der Waals surface area contributed by atoms with E-state index in [9.17, 15) is 9.59 Å². The van der Waals surface area contributed by atoms with Gasteiger partial charge in [0.05, 0.1) is 5.69 Å². The Bertz CT molecular complexity index is 968. The molecule has 0 radical (unpaired) electrons. The van der Waals surface area contributed by atoms with Crippen LogP contribution in [0.2, 0.25) is 0 Å². The highest BCUT2D eigenvalue weighted by atomic mass is 32.1. The van der Waals surface area contributed by atoms with Gasteiger partial charge in [0.15, 0.2) is 6.10 Å². The van der Waals surface area contributed by atoms with Crippen LogP contribution in [0.3, 0.4) is 0 Å². The van der Waals surface area contributed by atoms with E-state index in [1.807, 2.05) is 18.2 Å². The first kappa shape index (κ1) is 19.0. The zero-order valence-electron chi connectivity index (χ0n) is 15.3. The molecule has 0 unspecified atom stereocenters. The molecule has 0 bridgehead atoms. The Kier molecular flexibility index (Phi) is 6.18. The van der Waals surface area contributed by atoms with Crippen molar-refractivity contribution in [3.63, 3.8) is 0 Å². The Morgan fingerprint density at radius 1 is 1.30 bits per heavy atom. The van der Waals surface area contributed by atoms with Gasteiger partial charge in [-0.3, -0.25) is 4.79 Å². The third kappa shape index (κ3) is 4.91. The molecule has 3 rings (SSSR count). The summed E-state index contributed by atoms with van der Waals surface area (Å²) in [6.07, 6.45) is 2.13. The van der Waals surface area contributed by atoms with Crippen LogP contribution in [0.1, 0.15) is 37.4 Å². The van der Waals surface area contributed by atoms with Crippen LogP contribution in [0.25, 0.3) is 4.96 Å². The molecule has 1 atom stereocenters. The van der Waals surface area contributed by atoms with Crippen molar-refractivity contribution in [1.82, 2.24) is 14.6 Å². The second-order valence-corrected chi connectivity index (χ2v) is 7.10. The molecular formula is C19H21N3O4S. The second-order valence-electron chi connectivity index (χ2n) is 6.06. The molecule has 0 amide bonds. The first-order valence-corrected chi connectivity index (χ1v) is 9.65. The minimum atomic E-state index is -0.763. The monoisotopic (exact) mass is 387 g/mol. The van der Waals surface area contributed by atoms with Crippen LogP contribution in [0, 0.1) is 0 Å². The van der Waals surface area contributed by atoms with Gasteiger partial charge in [-0.2, -0.15) is 9.61 Å². The van der Waals surface area contributed by atoms with E-state index in [2.05, 4.69) is 17.0 Å². The average molecular weight is 387 g/mol. The van der Waals surface area contributed by atoms with E-state index in [0.29, 0.717) is 16.4 Å². The van der Waals surface area contributed by atoms with Gasteiger partial charge >= 0.3 is 5.97 Å². The molecule has 0 fully saturated rings. The van der Waals surface area contributed by atoms with Crippen molar-refractivity contribution < 1.29 is 14.3 Å². The molecular weight excluding hydrogens is 366 g/mol. The van der Waals surface area contributed by atoms with E-state index in [-0.39, 0.29) is 12.2 Å². The number of fused-ring (bicyclic) bond motifs is 1. The number of carbonyl (C=O) groups is 1. The molecule has 0 spiro atoms. The first-order chi connectivity index (χ1) is 13.1.